The number of hydrogen-bond acceptors (Lipinski definition) is 3. The molecule has 1 heterocycles. The van der Waals surface area contributed by atoms with Crippen molar-refractivity contribution in [2.75, 3.05) is 5.32 Å². The molecular formula is C14H14ClFN2OS. The summed E-state index contributed by atoms with van der Waals surface area (Å²) in [5, 5.41) is 5.22. The first-order valence-corrected chi connectivity index (χ1v) is 7.25. The molecule has 106 valence electrons. The molecule has 0 fully saturated rings. The highest BCUT2D eigenvalue weighted by molar-refractivity contribution is 7.14. The minimum absolute atomic E-state index is 0.0926. The Morgan fingerprint density at radius 1 is 1.40 bits per heavy atom. The fourth-order valence-electron chi connectivity index (χ4n) is 1.51. The van der Waals surface area contributed by atoms with Crippen LogP contribution in [-0.2, 0) is 5.41 Å². The normalized spacial score (nSPS) is 11.4. The Kier molecular flexibility index (Phi) is 4.11. The maximum absolute atomic E-state index is 13.6. The van der Waals surface area contributed by atoms with Gasteiger partial charge in [0.1, 0.15) is 5.82 Å². The highest BCUT2D eigenvalue weighted by Gasteiger charge is 2.19. The molecule has 0 aliphatic heterocycles. The first kappa shape index (κ1) is 14.9. The number of carbonyl (C=O) groups is 1. The fraction of sp³-hybridized carbons (Fsp3) is 0.286. The molecule has 20 heavy (non-hydrogen) atoms. The minimum atomic E-state index is -0.612. The first-order valence-electron chi connectivity index (χ1n) is 6.00. The molecule has 0 radical (unpaired) electrons. The summed E-state index contributed by atoms with van der Waals surface area (Å²) in [6.45, 7) is 6.10. The summed E-state index contributed by atoms with van der Waals surface area (Å²) < 4.78 is 13.6. The molecule has 0 aliphatic carbocycles. The Labute approximate surface area is 125 Å². The summed E-state index contributed by atoms with van der Waals surface area (Å²) in [7, 11) is 0. The molecule has 2 rings (SSSR count). The van der Waals surface area contributed by atoms with Gasteiger partial charge in [-0.3, -0.25) is 10.1 Å². The van der Waals surface area contributed by atoms with Crippen LogP contribution in [0.2, 0.25) is 5.02 Å². The van der Waals surface area contributed by atoms with Crippen LogP contribution in [0.25, 0.3) is 0 Å². The Hall–Kier alpha value is -1.46. The summed E-state index contributed by atoms with van der Waals surface area (Å²) in [5.41, 5.74) is 0.690. The van der Waals surface area contributed by atoms with Crippen LogP contribution in [0.15, 0.2) is 23.6 Å². The Bertz CT molecular complexity index is 649. The van der Waals surface area contributed by atoms with Gasteiger partial charge in [-0.15, -0.1) is 11.3 Å². The zero-order valence-electron chi connectivity index (χ0n) is 11.3. The second-order valence-electron chi connectivity index (χ2n) is 5.37. The summed E-state index contributed by atoms with van der Waals surface area (Å²) in [6.07, 6.45) is 0. The van der Waals surface area contributed by atoms with Gasteiger partial charge in [0.15, 0.2) is 5.13 Å². The number of anilines is 1. The molecule has 6 heteroatoms. The molecule has 0 bridgehead atoms. The largest absolute Gasteiger partial charge is 0.298 e. The van der Waals surface area contributed by atoms with Gasteiger partial charge in [0.2, 0.25) is 0 Å². The third kappa shape index (κ3) is 3.35. The fourth-order valence-corrected chi connectivity index (χ4v) is 2.62. The van der Waals surface area contributed by atoms with Gasteiger partial charge >= 0.3 is 0 Å². The van der Waals surface area contributed by atoms with E-state index in [2.05, 4.69) is 10.3 Å². The SMILES string of the molecule is CC(C)(C)c1csc(NC(=O)c2cc(Cl)ccc2F)n1. The molecule has 0 aliphatic rings. The highest BCUT2D eigenvalue weighted by atomic mass is 35.5. The molecule has 1 aromatic carbocycles. The topological polar surface area (TPSA) is 42.0 Å². The van der Waals surface area contributed by atoms with Crippen LogP contribution in [-0.4, -0.2) is 10.9 Å². The average Bonchev–Trinajstić information content (AvgIpc) is 2.80. The number of amides is 1. The van der Waals surface area contributed by atoms with Crippen LogP contribution in [0.4, 0.5) is 9.52 Å². The average molecular weight is 313 g/mol. The standard InChI is InChI=1S/C14H14ClFN2OS/c1-14(2,3)11-7-20-13(17-11)18-12(19)9-6-8(15)4-5-10(9)16/h4-7H,1-3H3,(H,17,18,19). The molecule has 1 aromatic heterocycles. The summed E-state index contributed by atoms with van der Waals surface area (Å²) >= 11 is 7.08. The van der Waals surface area contributed by atoms with Gasteiger partial charge in [-0.05, 0) is 18.2 Å². The van der Waals surface area contributed by atoms with Crippen molar-refractivity contribution in [3.63, 3.8) is 0 Å². The summed E-state index contributed by atoms with van der Waals surface area (Å²) in [5.74, 6) is -1.17. The molecule has 0 atom stereocenters. The van der Waals surface area contributed by atoms with Gasteiger partial charge in [-0.25, -0.2) is 9.37 Å². The molecule has 3 nitrogen and oxygen atoms in total. The zero-order valence-corrected chi connectivity index (χ0v) is 12.9. The van der Waals surface area contributed by atoms with Crippen LogP contribution in [0.1, 0.15) is 36.8 Å². The quantitative estimate of drug-likeness (QED) is 0.888. The van der Waals surface area contributed by atoms with Gasteiger partial charge in [0.05, 0.1) is 11.3 Å². The lowest BCUT2D eigenvalue weighted by atomic mass is 9.93. The second-order valence-corrected chi connectivity index (χ2v) is 6.66. The Morgan fingerprint density at radius 2 is 2.10 bits per heavy atom. The van der Waals surface area contributed by atoms with Crippen LogP contribution in [0, 0.1) is 5.82 Å². The molecule has 0 spiro atoms. The van der Waals surface area contributed by atoms with Crippen molar-refractivity contribution < 1.29 is 9.18 Å². The van der Waals surface area contributed by atoms with Crippen LogP contribution in [0.3, 0.4) is 0 Å². The van der Waals surface area contributed by atoms with Crippen molar-refractivity contribution in [2.45, 2.75) is 26.2 Å². The van der Waals surface area contributed by atoms with Crippen LogP contribution in [0.5, 0.6) is 0 Å². The van der Waals surface area contributed by atoms with E-state index in [9.17, 15) is 9.18 Å². The number of rotatable bonds is 2. The van der Waals surface area contributed by atoms with E-state index in [0.717, 1.165) is 5.69 Å². The molecule has 2 aromatic rings. The lowest BCUT2D eigenvalue weighted by Gasteiger charge is -2.14. The van der Waals surface area contributed by atoms with Crippen molar-refractivity contribution in [3.05, 3.63) is 45.7 Å². The van der Waals surface area contributed by atoms with Gasteiger partial charge < -0.3 is 0 Å². The van der Waals surface area contributed by atoms with Crippen LogP contribution < -0.4 is 5.32 Å². The van der Waals surface area contributed by atoms with E-state index in [1.54, 1.807) is 0 Å². The monoisotopic (exact) mass is 312 g/mol. The van der Waals surface area contributed by atoms with Crippen LogP contribution >= 0.6 is 22.9 Å². The van der Waals surface area contributed by atoms with E-state index in [1.807, 2.05) is 26.2 Å². The number of thiazole rings is 1. The van der Waals surface area contributed by atoms with E-state index >= 15 is 0 Å². The van der Waals surface area contributed by atoms with Gasteiger partial charge in [-0.2, -0.15) is 0 Å². The number of nitrogens with zero attached hydrogens (tertiary/aromatic N) is 1. The predicted octanol–water partition coefficient (Wildman–Crippen LogP) is 4.49. The van der Waals surface area contributed by atoms with Gasteiger partial charge in [0.25, 0.3) is 5.91 Å². The van der Waals surface area contributed by atoms with Crippen molar-refractivity contribution in [1.29, 1.82) is 0 Å². The molecule has 0 saturated heterocycles. The van der Waals surface area contributed by atoms with E-state index < -0.39 is 11.7 Å². The minimum Gasteiger partial charge on any atom is -0.298 e. The lowest BCUT2D eigenvalue weighted by molar-refractivity contribution is 0.102. The van der Waals surface area contributed by atoms with Gasteiger partial charge in [-0.1, -0.05) is 32.4 Å². The van der Waals surface area contributed by atoms with Crippen molar-refractivity contribution >= 4 is 34.0 Å². The number of benzene rings is 1. The number of halogens is 2. The van der Waals surface area contributed by atoms with E-state index in [0.29, 0.717) is 10.2 Å². The Morgan fingerprint density at radius 3 is 2.70 bits per heavy atom. The maximum Gasteiger partial charge on any atom is 0.260 e. The maximum atomic E-state index is 13.6. The molecular weight excluding hydrogens is 299 g/mol. The molecule has 1 amide bonds. The van der Waals surface area contributed by atoms with E-state index in [4.69, 9.17) is 11.6 Å². The van der Waals surface area contributed by atoms with Crippen molar-refractivity contribution in [3.8, 4) is 0 Å². The third-order valence-corrected chi connectivity index (χ3v) is 3.66. The molecule has 1 N–H and O–H groups in total. The smallest absolute Gasteiger partial charge is 0.260 e. The highest BCUT2D eigenvalue weighted by Crippen LogP contribution is 2.27. The van der Waals surface area contributed by atoms with Gasteiger partial charge in [0, 0.05) is 15.8 Å². The number of nitrogens with one attached hydrogen (secondary N) is 1. The van der Waals surface area contributed by atoms with E-state index in [1.165, 1.54) is 29.5 Å². The number of aromatic nitrogens is 1. The molecule has 0 unspecified atom stereocenters. The third-order valence-electron chi connectivity index (χ3n) is 2.67. The van der Waals surface area contributed by atoms with Crippen molar-refractivity contribution in [1.82, 2.24) is 4.98 Å². The number of carbonyl (C=O) groups excluding carboxylic acids is 1. The summed E-state index contributed by atoms with van der Waals surface area (Å²) in [6, 6.07) is 3.86. The number of hydrogen-bond donors (Lipinski definition) is 1. The van der Waals surface area contributed by atoms with Crippen molar-refractivity contribution in [2.24, 2.45) is 0 Å². The van der Waals surface area contributed by atoms with E-state index in [-0.39, 0.29) is 11.0 Å². The molecule has 0 saturated carbocycles. The lowest BCUT2D eigenvalue weighted by Crippen LogP contribution is -2.15. The second kappa shape index (κ2) is 5.50. The summed E-state index contributed by atoms with van der Waals surface area (Å²) in [4.78, 5) is 16.3. The zero-order chi connectivity index (χ0) is 14.9. The first-order chi connectivity index (χ1) is 9.27. The predicted molar refractivity (Wildman–Crippen MR) is 80.2 cm³/mol. The Balaban J connectivity index is 2.20.